The molecule has 0 spiro atoms. The van der Waals surface area contributed by atoms with Gasteiger partial charge in [-0.1, -0.05) is 96.6 Å². The summed E-state index contributed by atoms with van der Waals surface area (Å²) in [5, 5.41) is 2.66. The van der Waals surface area contributed by atoms with E-state index in [1.165, 1.54) is 50.6 Å². The molecule has 3 aromatic rings. The molecule has 0 heterocycles. The topological polar surface area (TPSA) is 0 Å². The van der Waals surface area contributed by atoms with Gasteiger partial charge in [0.2, 0.25) is 0 Å². The molecule has 0 aliphatic heterocycles. The predicted octanol–water partition coefficient (Wildman–Crippen LogP) is 8.11. The summed E-state index contributed by atoms with van der Waals surface area (Å²) in [4.78, 5) is 0. The third-order valence-corrected chi connectivity index (χ3v) is 5.69. The maximum Gasteiger partial charge on any atom is 0.0307 e. The third-order valence-electron chi connectivity index (χ3n) is 5.69. The molecule has 158 valence electrons. The maximum atomic E-state index is 3.47. The van der Waals surface area contributed by atoms with Crippen LogP contribution in [0.15, 0.2) is 48.5 Å². The van der Waals surface area contributed by atoms with Gasteiger partial charge >= 0.3 is 0 Å². The first kappa shape index (κ1) is 26.9. The Labute approximate surface area is 206 Å². The quantitative estimate of drug-likeness (QED) is 0.213. The van der Waals surface area contributed by atoms with Gasteiger partial charge < -0.3 is 0 Å². The molecule has 0 N–H and O–H groups in total. The Morgan fingerprint density at radius 3 is 2.00 bits per heavy atom. The molecule has 0 saturated carbocycles. The Kier molecular flexibility index (Phi) is 11.4. The second-order valence-electron chi connectivity index (χ2n) is 8.56. The Bertz CT molecular complexity index is 940. The van der Waals surface area contributed by atoms with E-state index < -0.39 is 0 Å². The molecule has 1 aliphatic rings. The zero-order valence-corrected chi connectivity index (χ0v) is 24.6. The van der Waals surface area contributed by atoms with Crippen LogP contribution in [0.3, 0.4) is 0 Å². The van der Waals surface area contributed by atoms with Crippen molar-refractivity contribution in [3.05, 3.63) is 88.0 Å². The third kappa shape index (κ3) is 6.69. The van der Waals surface area contributed by atoms with Crippen LogP contribution in [-0.4, -0.2) is 9.52 Å². The average Bonchev–Trinajstić information content (AvgIpc) is 3.19. The predicted molar refractivity (Wildman–Crippen MR) is 132 cm³/mol. The molecule has 0 aromatic heterocycles. The van der Waals surface area contributed by atoms with Crippen molar-refractivity contribution in [1.29, 1.82) is 0 Å². The summed E-state index contributed by atoms with van der Waals surface area (Å²) in [5.74, 6) is 1.30. The molecular formula is C28H36HfSi-2. The van der Waals surface area contributed by atoms with Gasteiger partial charge in [0.15, 0.2) is 0 Å². The van der Waals surface area contributed by atoms with E-state index in [0.717, 1.165) is 15.4 Å². The second kappa shape index (κ2) is 12.7. The van der Waals surface area contributed by atoms with E-state index in [4.69, 9.17) is 0 Å². The van der Waals surface area contributed by atoms with Gasteiger partial charge in [-0.05, 0) is 5.92 Å². The molecule has 0 saturated heterocycles. The van der Waals surface area contributed by atoms with Gasteiger partial charge in [0.05, 0.1) is 0 Å². The summed E-state index contributed by atoms with van der Waals surface area (Å²) in [7, 11) is 1.08. The minimum absolute atomic E-state index is 0. The summed E-state index contributed by atoms with van der Waals surface area (Å²) in [5.41, 5.74) is 8.51. The molecule has 2 radical (unpaired) electrons. The van der Waals surface area contributed by atoms with E-state index in [1.54, 1.807) is 0 Å². The number of hydrogen-bond donors (Lipinski definition) is 0. The minimum Gasteiger partial charge on any atom is -0.196 e. The van der Waals surface area contributed by atoms with Crippen molar-refractivity contribution < 1.29 is 25.8 Å². The van der Waals surface area contributed by atoms with Gasteiger partial charge in [-0.25, -0.2) is 0 Å². The SMILES string of the molecule is CC(C)CC1C=[C-]c2c1ccc1ccccc21.C[Si]C.Cc1[cH-]c(C)c(C)c1C.[Hf]. The normalized spacial score (nSPS) is 13.8. The Balaban J connectivity index is 0.000000295. The molecule has 1 unspecified atom stereocenters. The van der Waals surface area contributed by atoms with E-state index in [9.17, 15) is 0 Å². The number of benzene rings is 2. The first-order valence-electron chi connectivity index (χ1n) is 10.7. The van der Waals surface area contributed by atoms with Crippen molar-refractivity contribution in [1.82, 2.24) is 0 Å². The largest absolute Gasteiger partial charge is 0.196 e. The monoisotopic (exact) mass is 580 g/mol. The Hall–Kier alpha value is -1.12. The van der Waals surface area contributed by atoms with Gasteiger partial charge in [0.1, 0.15) is 0 Å². The molecule has 3 aromatic carbocycles. The van der Waals surface area contributed by atoms with Gasteiger partial charge in [-0.15, -0.1) is 29.2 Å². The van der Waals surface area contributed by atoms with Crippen LogP contribution in [0.2, 0.25) is 13.1 Å². The fourth-order valence-corrected chi connectivity index (χ4v) is 3.87. The van der Waals surface area contributed by atoms with Crippen LogP contribution >= 0.6 is 0 Å². The van der Waals surface area contributed by atoms with Crippen molar-refractivity contribution in [3.63, 3.8) is 0 Å². The van der Waals surface area contributed by atoms with Gasteiger partial charge in [-0.3, -0.25) is 0 Å². The van der Waals surface area contributed by atoms with Crippen molar-refractivity contribution in [3.8, 4) is 0 Å². The van der Waals surface area contributed by atoms with E-state index in [2.05, 4.69) is 109 Å². The summed E-state index contributed by atoms with van der Waals surface area (Å²) in [6.45, 7) is 17.6. The maximum absolute atomic E-state index is 3.47. The van der Waals surface area contributed by atoms with Crippen molar-refractivity contribution in [2.75, 3.05) is 0 Å². The molecule has 0 bridgehead atoms. The first-order valence-corrected chi connectivity index (χ1v) is 12.7. The number of rotatable bonds is 2. The van der Waals surface area contributed by atoms with Gasteiger partial charge in [0, 0.05) is 35.4 Å². The van der Waals surface area contributed by atoms with Crippen LogP contribution in [0.4, 0.5) is 0 Å². The van der Waals surface area contributed by atoms with Crippen LogP contribution in [0, 0.1) is 39.7 Å². The van der Waals surface area contributed by atoms with Crippen LogP contribution in [0.25, 0.3) is 10.8 Å². The second-order valence-corrected chi connectivity index (χ2v) is 9.56. The summed E-state index contributed by atoms with van der Waals surface area (Å²) < 4.78 is 0. The zero-order chi connectivity index (χ0) is 21.6. The van der Waals surface area contributed by atoms with E-state index in [0.29, 0.717) is 5.92 Å². The fraction of sp³-hybridized carbons (Fsp3) is 0.393. The molecule has 1 aliphatic carbocycles. The summed E-state index contributed by atoms with van der Waals surface area (Å²) >= 11 is 0. The van der Waals surface area contributed by atoms with E-state index >= 15 is 0 Å². The molecule has 0 nitrogen and oxygen atoms in total. The van der Waals surface area contributed by atoms with Crippen LogP contribution < -0.4 is 0 Å². The molecule has 4 rings (SSSR count). The Morgan fingerprint density at radius 2 is 1.50 bits per heavy atom. The molecule has 30 heavy (non-hydrogen) atoms. The molecule has 2 heteroatoms. The zero-order valence-electron chi connectivity index (χ0n) is 20.0. The Morgan fingerprint density at radius 1 is 0.933 bits per heavy atom. The standard InChI is InChI=1S/C17H17.C9H13.C2H6Si.Hf/c1-12(2)11-14-8-10-17-15-6-4-3-5-13(15)7-9-16(14)17;1-6-5-7(2)9(4)8(6)3;1-3-2;/h3-9,12,14H,11H2,1-2H3;5H,1-4H3;1-2H3;/q2*-1;;. The number of allylic oxidation sites excluding steroid dienone is 1. The van der Waals surface area contributed by atoms with Crippen LogP contribution in [-0.2, 0) is 25.8 Å². The van der Waals surface area contributed by atoms with Gasteiger partial charge in [0.25, 0.3) is 0 Å². The smallest absolute Gasteiger partial charge is 0.0307 e. The molecule has 0 fully saturated rings. The van der Waals surface area contributed by atoms with Crippen molar-refractivity contribution in [2.45, 2.75) is 67.0 Å². The van der Waals surface area contributed by atoms with Crippen LogP contribution in [0.5, 0.6) is 0 Å². The first-order chi connectivity index (χ1) is 13.8. The molecular weight excluding hydrogens is 543 g/mol. The number of aryl methyl sites for hydroxylation is 2. The summed E-state index contributed by atoms with van der Waals surface area (Å²) in [6.07, 6.45) is 6.94. The minimum atomic E-state index is 0. The molecule has 0 amide bonds. The average molecular weight is 579 g/mol. The van der Waals surface area contributed by atoms with Crippen molar-refractivity contribution in [2.24, 2.45) is 5.92 Å². The fourth-order valence-electron chi connectivity index (χ4n) is 3.87. The summed E-state index contributed by atoms with van der Waals surface area (Å²) in [6, 6.07) is 15.3. The molecule has 1 atom stereocenters. The number of fused-ring (bicyclic) bond motifs is 3. The van der Waals surface area contributed by atoms with Gasteiger partial charge in [-0.2, -0.15) is 40.0 Å². The van der Waals surface area contributed by atoms with Crippen molar-refractivity contribution >= 4 is 20.3 Å². The van der Waals surface area contributed by atoms with Crippen LogP contribution in [0.1, 0.15) is 59.6 Å². The van der Waals surface area contributed by atoms with E-state index in [-0.39, 0.29) is 25.8 Å². The number of hydrogen-bond acceptors (Lipinski definition) is 0. The van der Waals surface area contributed by atoms with E-state index in [1.807, 2.05) is 0 Å².